The molecule has 0 bridgehead atoms. The Morgan fingerprint density at radius 3 is 2.96 bits per heavy atom. The summed E-state index contributed by atoms with van der Waals surface area (Å²) in [5.41, 5.74) is 2.02. The first-order chi connectivity index (χ1) is 12.1. The summed E-state index contributed by atoms with van der Waals surface area (Å²) in [7, 11) is 2.18. The normalized spacial score (nSPS) is 28.2. The van der Waals surface area contributed by atoms with Crippen molar-refractivity contribution in [3.63, 3.8) is 0 Å². The van der Waals surface area contributed by atoms with E-state index in [9.17, 15) is 9.90 Å². The average Bonchev–Trinajstić information content (AvgIpc) is 2.63. The van der Waals surface area contributed by atoms with Crippen LogP contribution in [0.15, 0.2) is 35.1 Å². The topological polar surface area (TPSA) is 59.6 Å². The highest BCUT2D eigenvalue weighted by Crippen LogP contribution is 2.41. The van der Waals surface area contributed by atoms with Gasteiger partial charge < -0.3 is 15.0 Å². The number of benzene rings is 1. The lowest BCUT2D eigenvalue weighted by Gasteiger charge is -2.53. The Labute approximate surface area is 148 Å². The van der Waals surface area contributed by atoms with Crippen LogP contribution in [0.4, 0.5) is 0 Å². The minimum Gasteiger partial charge on any atom is -0.396 e. The Morgan fingerprint density at radius 1 is 1.28 bits per heavy atom. The monoisotopic (exact) mass is 341 g/mol. The molecular weight excluding hydrogens is 314 g/mol. The number of aromatic amines is 1. The van der Waals surface area contributed by atoms with Crippen LogP contribution in [-0.4, -0.2) is 59.2 Å². The number of pyridine rings is 1. The van der Waals surface area contributed by atoms with Gasteiger partial charge in [-0.3, -0.25) is 9.69 Å². The third-order valence-corrected chi connectivity index (χ3v) is 6.28. The van der Waals surface area contributed by atoms with Gasteiger partial charge in [-0.2, -0.15) is 0 Å². The molecule has 0 spiro atoms. The molecule has 0 aliphatic carbocycles. The molecule has 1 aromatic heterocycles. The number of likely N-dealkylation sites (N-methyl/N-ethyl adjacent to an activating group) is 1. The first kappa shape index (κ1) is 16.8. The number of piperidine rings is 2. The van der Waals surface area contributed by atoms with Crippen LogP contribution in [0.1, 0.15) is 25.0 Å². The van der Waals surface area contributed by atoms with Gasteiger partial charge in [0.15, 0.2) is 5.43 Å². The zero-order valence-corrected chi connectivity index (χ0v) is 14.9. The van der Waals surface area contributed by atoms with Crippen molar-refractivity contribution in [2.75, 3.05) is 33.3 Å². The van der Waals surface area contributed by atoms with Gasteiger partial charge in [0.2, 0.25) is 0 Å². The van der Waals surface area contributed by atoms with E-state index in [0.717, 1.165) is 55.6 Å². The predicted molar refractivity (Wildman–Crippen MR) is 99.6 cm³/mol. The number of rotatable bonds is 3. The van der Waals surface area contributed by atoms with Crippen molar-refractivity contribution in [2.45, 2.75) is 31.8 Å². The summed E-state index contributed by atoms with van der Waals surface area (Å²) in [5, 5.41) is 10.8. The molecule has 3 heterocycles. The van der Waals surface area contributed by atoms with Gasteiger partial charge in [-0.25, -0.2) is 0 Å². The molecule has 2 saturated heterocycles. The van der Waals surface area contributed by atoms with Crippen LogP contribution < -0.4 is 5.43 Å². The number of aliphatic hydroxyl groups is 1. The Hall–Kier alpha value is -1.69. The number of aromatic nitrogens is 1. The van der Waals surface area contributed by atoms with Gasteiger partial charge >= 0.3 is 0 Å². The van der Waals surface area contributed by atoms with Gasteiger partial charge in [0, 0.05) is 47.2 Å². The molecule has 25 heavy (non-hydrogen) atoms. The molecule has 2 fully saturated rings. The molecule has 2 N–H and O–H groups in total. The van der Waals surface area contributed by atoms with Crippen molar-refractivity contribution >= 4 is 10.9 Å². The van der Waals surface area contributed by atoms with Crippen molar-refractivity contribution in [3.8, 4) is 0 Å². The second-order valence-electron chi connectivity index (χ2n) is 7.81. The summed E-state index contributed by atoms with van der Waals surface area (Å²) >= 11 is 0. The van der Waals surface area contributed by atoms with E-state index in [0.29, 0.717) is 6.04 Å². The lowest BCUT2D eigenvalue weighted by Crippen LogP contribution is -2.61. The van der Waals surface area contributed by atoms with Crippen LogP contribution in [0, 0.1) is 5.41 Å². The summed E-state index contributed by atoms with van der Waals surface area (Å²) in [4.78, 5) is 20.6. The molecule has 0 amide bonds. The fraction of sp³-hybridized carbons (Fsp3) is 0.550. The van der Waals surface area contributed by atoms with E-state index in [1.165, 1.54) is 6.42 Å². The molecular formula is C20H27N3O2. The predicted octanol–water partition coefficient (Wildman–Crippen LogP) is 1.81. The van der Waals surface area contributed by atoms with Crippen LogP contribution >= 0.6 is 0 Å². The molecule has 5 nitrogen and oxygen atoms in total. The van der Waals surface area contributed by atoms with Crippen molar-refractivity contribution in [2.24, 2.45) is 5.41 Å². The number of hydrogen-bond acceptors (Lipinski definition) is 4. The van der Waals surface area contributed by atoms with Crippen LogP contribution in [0.3, 0.4) is 0 Å². The van der Waals surface area contributed by atoms with E-state index in [2.05, 4.69) is 21.8 Å². The van der Waals surface area contributed by atoms with E-state index in [1.54, 1.807) is 6.07 Å². The standard InChI is InChI=1S/C20H27N3O2/c1-22-9-4-7-20(14-24)8-10-23(13-19(20)22)12-15-11-18(25)16-5-2-3-6-17(16)21-15/h2-3,5-6,11,19,24H,4,7-10,12-14H2,1H3,(H,21,25)/t19-,20-/m1/s1. The van der Waals surface area contributed by atoms with Gasteiger partial charge in [0.05, 0.1) is 6.61 Å². The maximum absolute atomic E-state index is 12.3. The Bertz CT molecular complexity index is 818. The van der Waals surface area contributed by atoms with E-state index in [1.807, 2.05) is 24.3 Å². The van der Waals surface area contributed by atoms with Gasteiger partial charge in [0.25, 0.3) is 0 Å². The molecule has 0 unspecified atom stereocenters. The summed E-state index contributed by atoms with van der Waals surface area (Å²) in [6.45, 7) is 4.06. The number of aliphatic hydroxyl groups excluding tert-OH is 1. The molecule has 2 aliphatic rings. The van der Waals surface area contributed by atoms with E-state index < -0.39 is 0 Å². The van der Waals surface area contributed by atoms with Gasteiger partial charge in [0.1, 0.15) is 0 Å². The van der Waals surface area contributed by atoms with Gasteiger partial charge in [-0.1, -0.05) is 12.1 Å². The van der Waals surface area contributed by atoms with E-state index >= 15 is 0 Å². The number of nitrogens with one attached hydrogen (secondary N) is 1. The Morgan fingerprint density at radius 2 is 2.12 bits per heavy atom. The average molecular weight is 341 g/mol. The number of fused-ring (bicyclic) bond motifs is 2. The first-order valence-corrected chi connectivity index (χ1v) is 9.26. The number of hydrogen-bond donors (Lipinski definition) is 2. The lowest BCUT2D eigenvalue weighted by molar-refractivity contribution is -0.0686. The maximum atomic E-state index is 12.3. The summed E-state index contributed by atoms with van der Waals surface area (Å²) in [5.74, 6) is 0. The minimum atomic E-state index is 0.0558. The number of nitrogens with zero attached hydrogens (tertiary/aromatic N) is 2. The summed E-state index contributed by atoms with van der Waals surface area (Å²) < 4.78 is 0. The molecule has 5 heteroatoms. The number of likely N-dealkylation sites (tertiary alicyclic amines) is 2. The van der Waals surface area contributed by atoms with Crippen molar-refractivity contribution in [1.82, 2.24) is 14.8 Å². The third kappa shape index (κ3) is 3.01. The minimum absolute atomic E-state index is 0.0558. The number of H-pyrrole nitrogens is 1. The largest absolute Gasteiger partial charge is 0.396 e. The SMILES string of the molecule is CN1CCC[C@]2(CO)CCN(Cc3cc(=O)c4ccccc4[nH]3)C[C@@H]12. The molecule has 0 radical (unpaired) electrons. The summed E-state index contributed by atoms with van der Waals surface area (Å²) in [6, 6.07) is 9.81. The molecule has 2 atom stereocenters. The molecule has 1 aromatic carbocycles. The third-order valence-electron chi connectivity index (χ3n) is 6.28. The second-order valence-corrected chi connectivity index (χ2v) is 7.81. The van der Waals surface area contributed by atoms with Crippen LogP contribution in [0.25, 0.3) is 10.9 Å². The highest BCUT2D eigenvalue weighted by Gasteiger charge is 2.46. The number of para-hydroxylation sites is 1. The van der Waals surface area contributed by atoms with Crippen molar-refractivity contribution in [1.29, 1.82) is 0 Å². The molecule has 4 rings (SSSR count). The van der Waals surface area contributed by atoms with Crippen molar-refractivity contribution in [3.05, 3.63) is 46.2 Å². The summed E-state index contributed by atoms with van der Waals surface area (Å²) in [6.07, 6.45) is 3.32. The second kappa shape index (κ2) is 6.56. The van der Waals surface area contributed by atoms with Crippen molar-refractivity contribution < 1.29 is 5.11 Å². The van der Waals surface area contributed by atoms with Crippen LogP contribution in [0.2, 0.25) is 0 Å². The zero-order chi connectivity index (χ0) is 17.4. The quantitative estimate of drug-likeness (QED) is 0.894. The van der Waals surface area contributed by atoms with E-state index in [4.69, 9.17) is 0 Å². The Kier molecular flexibility index (Phi) is 4.40. The fourth-order valence-electron chi connectivity index (χ4n) is 4.80. The van der Waals surface area contributed by atoms with Crippen LogP contribution in [0.5, 0.6) is 0 Å². The molecule has 134 valence electrons. The van der Waals surface area contributed by atoms with E-state index in [-0.39, 0.29) is 17.5 Å². The highest BCUT2D eigenvalue weighted by molar-refractivity contribution is 5.78. The zero-order valence-electron chi connectivity index (χ0n) is 14.9. The Balaban J connectivity index is 1.55. The fourth-order valence-corrected chi connectivity index (χ4v) is 4.80. The van der Waals surface area contributed by atoms with Gasteiger partial charge in [-0.15, -0.1) is 0 Å². The molecule has 0 saturated carbocycles. The van der Waals surface area contributed by atoms with Gasteiger partial charge in [-0.05, 0) is 51.5 Å². The molecule has 2 aromatic rings. The maximum Gasteiger partial charge on any atom is 0.189 e. The first-order valence-electron chi connectivity index (χ1n) is 9.26. The lowest BCUT2D eigenvalue weighted by atomic mass is 9.69. The highest BCUT2D eigenvalue weighted by atomic mass is 16.3. The molecule has 2 aliphatic heterocycles. The van der Waals surface area contributed by atoms with Crippen LogP contribution in [-0.2, 0) is 6.54 Å². The smallest absolute Gasteiger partial charge is 0.189 e.